The van der Waals surface area contributed by atoms with Crippen molar-refractivity contribution in [2.45, 2.75) is 51.4 Å². The molecule has 0 saturated carbocycles. The van der Waals surface area contributed by atoms with Crippen molar-refractivity contribution in [3.05, 3.63) is 169 Å². The lowest BCUT2D eigenvalue weighted by Crippen LogP contribution is -2.33. The highest BCUT2D eigenvalue weighted by Gasteiger charge is 2.37. The van der Waals surface area contributed by atoms with Crippen LogP contribution >= 0.6 is 0 Å². The summed E-state index contributed by atoms with van der Waals surface area (Å²) in [4.78, 5) is 0. The minimum Gasteiger partial charge on any atom is -0.309 e. The number of benzene rings is 7. The first-order valence-corrected chi connectivity index (χ1v) is 18.6. The molecule has 252 valence electrons. The van der Waals surface area contributed by atoms with E-state index in [9.17, 15) is 0 Å². The summed E-state index contributed by atoms with van der Waals surface area (Å²) in [5.41, 5.74) is 15.6. The molecule has 7 aromatic carbocycles. The van der Waals surface area contributed by atoms with Crippen LogP contribution in [0.25, 0.3) is 77.2 Å². The highest BCUT2D eigenvalue weighted by molar-refractivity contribution is 6.12. The van der Waals surface area contributed by atoms with Gasteiger partial charge in [-0.2, -0.15) is 0 Å². The molecular weight excluding hydrogens is 629 g/mol. The second kappa shape index (κ2) is 11.3. The molecule has 0 fully saturated rings. The molecule has 2 heterocycles. The third-order valence-electron chi connectivity index (χ3n) is 12.0. The average Bonchev–Trinajstić information content (AvgIpc) is 3.69. The lowest BCUT2D eigenvalue weighted by molar-refractivity contribution is 0.332. The molecule has 52 heavy (non-hydrogen) atoms. The lowest BCUT2D eigenvalue weighted by Gasteiger charge is -2.42. The highest BCUT2D eigenvalue weighted by Crippen LogP contribution is 2.47. The van der Waals surface area contributed by atoms with E-state index in [0.717, 1.165) is 0 Å². The molecule has 2 aromatic heterocycles. The monoisotopic (exact) mass is 670 g/mol. The fraction of sp³-hybridized carbons (Fsp3) is 0.160. The van der Waals surface area contributed by atoms with Gasteiger partial charge in [-0.05, 0) is 118 Å². The lowest BCUT2D eigenvalue weighted by atomic mass is 9.63. The van der Waals surface area contributed by atoms with Crippen molar-refractivity contribution < 1.29 is 0 Å². The molecule has 1 aliphatic rings. The number of fused-ring (bicyclic) bond motifs is 7. The van der Waals surface area contributed by atoms with E-state index in [-0.39, 0.29) is 10.8 Å². The van der Waals surface area contributed by atoms with Gasteiger partial charge in [0.25, 0.3) is 0 Å². The summed E-state index contributed by atoms with van der Waals surface area (Å²) in [7, 11) is 0. The van der Waals surface area contributed by atoms with Crippen molar-refractivity contribution in [1.82, 2.24) is 9.13 Å². The molecular formula is C50H42N2. The van der Waals surface area contributed by atoms with Crippen LogP contribution in [0.3, 0.4) is 0 Å². The Morgan fingerprint density at radius 1 is 0.346 bits per heavy atom. The molecule has 1 aliphatic carbocycles. The molecule has 0 bridgehead atoms. The summed E-state index contributed by atoms with van der Waals surface area (Å²) >= 11 is 0. The van der Waals surface area contributed by atoms with Crippen molar-refractivity contribution >= 4 is 43.6 Å². The van der Waals surface area contributed by atoms with Crippen LogP contribution in [0.2, 0.25) is 0 Å². The van der Waals surface area contributed by atoms with Crippen molar-refractivity contribution in [3.8, 4) is 33.6 Å². The van der Waals surface area contributed by atoms with E-state index in [1.807, 2.05) is 0 Å². The van der Waals surface area contributed by atoms with Gasteiger partial charge < -0.3 is 9.13 Å². The van der Waals surface area contributed by atoms with Gasteiger partial charge in [-0.1, -0.05) is 125 Å². The maximum absolute atomic E-state index is 2.48. The van der Waals surface area contributed by atoms with E-state index >= 15 is 0 Å². The minimum absolute atomic E-state index is 0.153. The first kappa shape index (κ1) is 30.9. The van der Waals surface area contributed by atoms with E-state index in [4.69, 9.17) is 0 Å². The van der Waals surface area contributed by atoms with E-state index in [1.165, 1.54) is 101 Å². The molecule has 2 nitrogen and oxygen atoms in total. The molecule has 0 saturated heterocycles. The molecule has 0 radical (unpaired) electrons. The van der Waals surface area contributed by atoms with Gasteiger partial charge in [0.1, 0.15) is 0 Å². The van der Waals surface area contributed by atoms with Gasteiger partial charge in [0.05, 0.1) is 22.1 Å². The average molecular weight is 671 g/mol. The Kier molecular flexibility index (Phi) is 6.73. The van der Waals surface area contributed by atoms with Gasteiger partial charge in [-0.25, -0.2) is 0 Å². The second-order valence-electron chi connectivity index (χ2n) is 16.1. The summed E-state index contributed by atoms with van der Waals surface area (Å²) < 4.78 is 4.88. The van der Waals surface area contributed by atoms with Crippen LogP contribution < -0.4 is 0 Å². The van der Waals surface area contributed by atoms with Crippen molar-refractivity contribution in [2.24, 2.45) is 0 Å². The summed E-state index contributed by atoms with van der Waals surface area (Å²) in [5.74, 6) is 0. The SMILES string of the molecule is CC1(C)CCC(C)(C)c2cc(-n3c4ccccc4c4cc(-c5ccc6c(c5)c5ccccc5n6-c5ccc(-c6ccccc6)cc5)ccc43)ccc21. The van der Waals surface area contributed by atoms with Crippen LogP contribution in [-0.2, 0) is 10.8 Å². The molecule has 0 atom stereocenters. The molecule has 0 aliphatic heterocycles. The van der Waals surface area contributed by atoms with Crippen molar-refractivity contribution in [1.29, 1.82) is 0 Å². The van der Waals surface area contributed by atoms with Crippen LogP contribution in [0.15, 0.2) is 158 Å². The zero-order valence-corrected chi connectivity index (χ0v) is 30.3. The Hall–Kier alpha value is -5.86. The van der Waals surface area contributed by atoms with Crippen molar-refractivity contribution in [2.75, 3.05) is 0 Å². The third kappa shape index (κ3) is 4.70. The van der Waals surface area contributed by atoms with E-state index < -0.39 is 0 Å². The van der Waals surface area contributed by atoms with Gasteiger partial charge in [0.15, 0.2) is 0 Å². The molecule has 0 spiro atoms. The Morgan fingerprint density at radius 3 is 1.38 bits per heavy atom. The summed E-state index contributed by atoms with van der Waals surface area (Å²) in [5, 5.41) is 5.10. The number of hydrogen-bond donors (Lipinski definition) is 0. The van der Waals surface area contributed by atoms with Crippen LogP contribution in [-0.4, -0.2) is 9.13 Å². The van der Waals surface area contributed by atoms with Gasteiger partial charge in [-0.3, -0.25) is 0 Å². The molecule has 0 N–H and O–H groups in total. The quantitative estimate of drug-likeness (QED) is 0.176. The largest absolute Gasteiger partial charge is 0.309 e. The number of rotatable bonds is 4. The first-order chi connectivity index (χ1) is 25.3. The Morgan fingerprint density at radius 2 is 0.788 bits per heavy atom. The minimum atomic E-state index is 0.153. The standard InChI is InChI=1S/C50H42N2/c1-49(2)28-29-50(3,4)44-32-38(24-25-43(44)49)52-46-17-11-9-15-40(46)42-31-36(21-27-48(42)52)35-20-26-47-41(30-35)39-14-8-10-16-45(39)51(47)37-22-18-34(19-23-37)33-12-6-5-7-13-33/h5-27,30-32H,28-29H2,1-4H3. The van der Waals surface area contributed by atoms with Gasteiger partial charge >= 0.3 is 0 Å². The van der Waals surface area contributed by atoms with Gasteiger partial charge in [0.2, 0.25) is 0 Å². The van der Waals surface area contributed by atoms with E-state index in [2.05, 4.69) is 195 Å². The molecule has 0 amide bonds. The maximum Gasteiger partial charge on any atom is 0.0541 e. The third-order valence-corrected chi connectivity index (χ3v) is 12.0. The predicted molar refractivity (Wildman–Crippen MR) is 221 cm³/mol. The molecule has 2 heteroatoms. The normalized spacial score (nSPS) is 15.1. The summed E-state index contributed by atoms with van der Waals surface area (Å²) in [6.45, 7) is 9.64. The molecule has 10 rings (SSSR count). The zero-order chi connectivity index (χ0) is 35.2. The second-order valence-corrected chi connectivity index (χ2v) is 16.1. The summed E-state index contributed by atoms with van der Waals surface area (Å²) in [6, 6.07) is 58.5. The van der Waals surface area contributed by atoms with Crippen LogP contribution in [0, 0.1) is 0 Å². The van der Waals surface area contributed by atoms with E-state index in [1.54, 1.807) is 0 Å². The molecule has 9 aromatic rings. The van der Waals surface area contributed by atoms with E-state index in [0.29, 0.717) is 0 Å². The highest BCUT2D eigenvalue weighted by atomic mass is 15.0. The first-order valence-electron chi connectivity index (χ1n) is 18.6. The predicted octanol–water partition coefficient (Wildman–Crippen LogP) is 13.6. The van der Waals surface area contributed by atoms with Gasteiger partial charge in [0, 0.05) is 32.9 Å². The van der Waals surface area contributed by atoms with Crippen molar-refractivity contribution in [3.63, 3.8) is 0 Å². The Labute approximate surface area is 305 Å². The number of hydrogen-bond acceptors (Lipinski definition) is 0. The fourth-order valence-electron chi connectivity index (χ4n) is 9.01. The Bertz CT molecular complexity index is 2830. The zero-order valence-electron chi connectivity index (χ0n) is 30.3. The number of aromatic nitrogens is 2. The Balaban J connectivity index is 1.10. The summed E-state index contributed by atoms with van der Waals surface area (Å²) in [6.07, 6.45) is 2.43. The topological polar surface area (TPSA) is 9.86 Å². The molecule has 0 unspecified atom stereocenters. The van der Waals surface area contributed by atoms with Crippen LogP contribution in [0.4, 0.5) is 0 Å². The van der Waals surface area contributed by atoms with Crippen LogP contribution in [0.1, 0.15) is 51.7 Å². The number of nitrogens with zero attached hydrogens (tertiary/aromatic N) is 2. The number of para-hydroxylation sites is 2. The fourth-order valence-corrected chi connectivity index (χ4v) is 9.01. The van der Waals surface area contributed by atoms with Gasteiger partial charge in [-0.15, -0.1) is 0 Å². The smallest absolute Gasteiger partial charge is 0.0541 e. The maximum atomic E-state index is 2.48. The van der Waals surface area contributed by atoms with Crippen LogP contribution in [0.5, 0.6) is 0 Å².